The summed E-state index contributed by atoms with van der Waals surface area (Å²) in [5, 5.41) is 2.87. The summed E-state index contributed by atoms with van der Waals surface area (Å²) in [4.78, 5) is 14.1. The van der Waals surface area contributed by atoms with Gasteiger partial charge in [-0.25, -0.2) is 0 Å². The summed E-state index contributed by atoms with van der Waals surface area (Å²) >= 11 is 0. The fourth-order valence-electron chi connectivity index (χ4n) is 1.82. The number of amides is 1. The first-order chi connectivity index (χ1) is 9.56. The Labute approximate surface area is 118 Å². The van der Waals surface area contributed by atoms with E-state index in [9.17, 15) is 4.79 Å². The van der Waals surface area contributed by atoms with Gasteiger partial charge in [0.1, 0.15) is 0 Å². The van der Waals surface area contributed by atoms with E-state index < -0.39 is 0 Å². The molecule has 0 saturated carbocycles. The quantitative estimate of drug-likeness (QED) is 0.820. The number of hydrogen-bond acceptors (Lipinski definition) is 4. The zero-order valence-corrected chi connectivity index (χ0v) is 11.7. The molecule has 0 saturated heterocycles. The van der Waals surface area contributed by atoms with Gasteiger partial charge in [0.2, 0.25) is 5.91 Å². The molecule has 0 aliphatic rings. The van der Waals surface area contributed by atoms with Crippen LogP contribution in [0.4, 0.5) is 11.4 Å². The van der Waals surface area contributed by atoms with Gasteiger partial charge < -0.3 is 15.5 Å². The third-order valence-electron chi connectivity index (χ3n) is 3.23. The number of nitrogens with one attached hydrogen (secondary N) is 1. The molecule has 0 aliphatic heterocycles. The average Bonchev–Trinajstić information content (AvgIpc) is 2.93. The van der Waals surface area contributed by atoms with E-state index in [1.165, 1.54) is 0 Å². The summed E-state index contributed by atoms with van der Waals surface area (Å²) in [7, 11) is 1.90. The fourth-order valence-corrected chi connectivity index (χ4v) is 1.82. The summed E-state index contributed by atoms with van der Waals surface area (Å²) in [5.41, 5.74) is 8.07. The molecule has 1 aromatic carbocycles. The Morgan fingerprint density at radius 1 is 1.35 bits per heavy atom. The molecule has 1 aromatic heterocycles. The maximum Gasteiger partial charge on any atom is 0.241 e. The lowest BCUT2D eigenvalue weighted by molar-refractivity contribution is -0.120. The lowest BCUT2D eigenvalue weighted by atomic mass is 10.2. The molecule has 0 spiro atoms. The van der Waals surface area contributed by atoms with Crippen LogP contribution < -0.4 is 11.1 Å². The normalized spacial score (nSPS) is 12.3. The van der Waals surface area contributed by atoms with E-state index >= 15 is 0 Å². The van der Waals surface area contributed by atoms with Gasteiger partial charge >= 0.3 is 0 Å². The molecule has 5 nitrogen and oxygen atoms in total. The van der Waals surface area contributed by atoms with Gasteiger partial charge in [0, 0.05) is 23.5 Å². The van der Waals surface area contributed by atoms with Crippen LogP contribution in [-0.4, -0.2) is 23.9 Å². The van der Waals surface area contributed by atoms with E-state index in [0.29, 0.717) is 12.2 Å². The maximum atomic E-state index is 12.2. The van der Waals surface area contributed by atoms with E-state index in [1.54, 1.807) is 36.8 Å². The highest BCUT2D eigenvalue weighted by atomic mass is 16.3. The number of carbonyl (C=O) groups excluding carboxylic acids is 1. The second-order valence-corrected chi connectivity index (χ2v) is 4.83. The van der Waals surface area contributed by atoms with Crippen molar-refractivity contribution in [2.24, 2.45) is 0 Å². The second kappa shape index (κ2) is 6.25. The number of nitrogens with zero attached hydrogens (tertiary/aromatic N) is 1. The number of nitrogen functional groups attached to an aromatic ring is 1. The van der Waals surface area contributed by atoms with Crippen LogP contribution in [0.15, 0.2) is 47.3 Å². The van der Waals surface area contributed by atoms with Gasteiger partial charge in [0.15, 0.2) is 0 Å². The van der Waals surface area contributed by atoms with Crippen molar-refractivity contribution in [3.63, 3.8) is 0 Å². The Hall–Kier alpha value is -2.27. The molecule has 0 radical (unpaired) electrons. The molecule has 1 heterocycles. The number of furan rings is 1. The van der Waals surface area contributed by atoms with Crippen molar-refractivity contribution >= 4 is 17.3 Å². The van der Waals surface area contributed by atoms with Gasteiger partial charge in [-0.15, -0.1) is 0 Å². The molecule has 2 rings (SSSR count). The first kappa shape index (κ1) is 14.1. The lowest BCUT2D eigenvalue weighted by Gasteiger charge is -2.23. The van der Waals surface area contributed by atoms with Crippen LogP contribution >= 0.6 is 0 Å². The topological polar surface area (TPSA) is 71.5 Å². The third-order valence-corrected chi connectivity index (χ3v) is 3.23. The zero-order chi connectivity index (χ0) is 14.5. The first-order valence-electron chi connectivity index (χ1n) is 6.44. The maximum absolute atomic E-state index is 12.2. The standard InChI is InChI=1S/C15H19N3O2/c1-11(18(2)9-12-7-8-20-10-12)15(19)17-14-5-3-13(16)4-6-14/h3-8,10-11H,9,16H2,1-2H3,(H,17,19). The Kier molecular flexibility index (Phi) is 4.42. The molecule has 3 N–H and O–H groups in total. The van der Waals surface area contributed by atoms with Gasteiger partial charge in [-0.05, 0) is 44.3 Å². The Morgan fingerprint density at radius 3 is 2.65 bits per heavy atom. The monoisotopic (exact) mass is 273 g/mol. The summed E-state index contributed by atoms with van der Waals surface area (Å²) in [5.74, 6) is -0.0548. The number of carbonyl (C=O) groups is 1. The molecule has 1 atom stereocenters. The highest BCUT2D eigenvalue weighted by molar-refractivity contribution is 5.94. The van der Waals surface area contributed by atoms with E-state index in [4.69, 9.17) is 10.2 Å². The lowest BCUT2D eigenvalue weighted by Crippen LogP contribution is -2.39. The van der Waals surface area contributed by atoms with Gasteiger partial charge in [0.25, 0.3) is 0 Å². The molecule has 1 unspecified atom stereocenters. The molecular formula is C15H19N3O2. The minimum atomic E-state index is -0.248. The van der Waals surface area contributed by atoms with Crippen molar-refractivity contribution in [1.82, 2.24) is 4.90 Å². The number of likely N-dealkylation sites (N-methyl/N-ethyl adjacent to an activating group) is 1. The molecule has 0 aliphatic carbocycles. The Bertz CT molecular complexity index is 549. The predicted octanol–water partition coefficient (Wildman–Crippen LogP) is 2.32. The number of hydrogen-bond donors (Lipinski definition) is 2. The smallest absolute Gasteiger partial charge is 0.241 e. The van der Waals surface area contributed by atoms with E-state index in [0.717, 1.165) is 11.3 Å². The van der Waals surface area contributed by atoms with E-state index in [1.807, 2.05) is 24.9 Å². The second-order valence-electron chi connectivity index (χ2n) is 4.83. The first-order valence-corrected chi connectivity index (χ1v) is 6.44. The van der Waals surface area contributed by atoms with Crippen molar-refractivity contribution in [3.8, 4) is 0 Å². The van der Waals surface area contributed by atoms with Crippen molar-refractivity contribution in [2.45, 2.75) is 19.5 Å². The van der Waals surface area contributed by atoms with Gasteiger partial charge in [0.05, 0.1) is 18.6 Å². The molecule has 106 valence electrons. The Balaban J connectivity index is 1.92. The molecule has 0 bridgehead atoms. The van der Waals surface area contributed by atoms with E-state index in [2.05, 4.69) is 5.32 Å². The van der Waals surface area contributed by atoms with Crippen LogP contribution in [0.1, 0.15) is 12.5 Å². The van der Waals surface area contributed by atoms with Crippen molar-refractivity contribution in [2.75, 3.05) is 18.1 Å². The third kappa shape index (κ3) is 3.61. The minimum Gasteiger partial charge on any atom is -0.472 e. The highest BCUT2D eigenvalue weighted by Crippen LogP contribution is 2.12. The van der Waals surface area contributed by atoms with Crippen molar-refractivity contribution in [3.05, 3.63) is 48.4 Å². The summed E-state index contributed by atoms with van der Waals surface area (Å²) in [6.45, 7) is 2.53. The molecule has 20 heavy (non-hydrogen) atoms. The molecule has 0 fully saturated rings. The molecule has 1 amide bonds. The van der Waals surface area contributed by atoms with Crippen LogP contribution in [-0.2, 0) is 11.3 Å². The predicted molar refractivity (Wildman–Crippen MR) is 79.1 cm³/mol. The van der Waals surface area contributed by atoms with Crippen LogP contribution in [0.2, 0.25) is 0 Å². The number of anilines is 2. The molecular weight excluding hydrogens is 254 g/mol. The fraction of sp³-hybridized carbons (Fsp3) is 0.267. The van der Waals surface area contributed by atoms with Gasteiger partial charge in [-0.1, -0.05) is 0 Å². The highest BCUT2D eigenvalue weighted by Gasteiger charge is 2.18. The van der Waals surface area contributed by atoms with Crippen molar-refractivity contribution in [1.29, 1.82) is 0 Å². The summed E-state index contributed by atoms with van der Waals surface area (Å²) < 4.78 is 5.02. The van der Waals surface area contributed by atoms with Crippen LogP contribution in [0.3, 0.4) is 0 Å². The molecule has 5 heteroatoms. The van der Waals surface area contributed by atoms with Gasteiger partial charge in [-0.2, -0.15) is 0 Å². The Morgan fingerprint density at radius 2 is 2.05 bits per heavy atom. The number of rotatable bonds is 5. The van der Waals surface area contributed by atoms with Crippen LogP contribution in [0, 0.1) is 0 Å². The number of benzene rings is 1. The summed E-state index contributed by atoms with van der Waals surface area (Å²) in [6, 6.07) is 8.74. The molecule has 2 aromatic rings. The van der Waals surface area contributed by atoms with E-state index in [-0.39, 0.29) is 11.9 Å². The number of nitrogens with two attached hydrogens (primary N) is 1. The largest absolute Gasteiger partial charge is 0.472 e. The van der Waals surface area contributed by atoms with Crippen LogP contribution in [0.5, 0.6) is 0 Å². The average molecular weight is 273 g/mol. The van der Waals surface area contributed by atoms with Crippen LogP contribution in [0.25, 0.3) is 0 Å². The summed E-state index contributed by atoms with van der Waals surface area (Å²) in [6.07, 6.45) is 3.31. The zero-order valence-electron chi connectivity index (χ0n) is 11.7. The minimum absolute atomic E-state index is 0.0548. The van der Waals surface area contributed by atoms with Gasteiger partial charge in [-0.3, -0.25) is 9.69 Å². The van der Waals surface area contributed by atoms with Crippen molar-refractivity contribution < 1.29 is 9.21 Å². The SMILES string of the molecule is CC(C(=O)Nc1ccc(N)cc1)N(C)Cc1ccoc1.